The van der Waals surface area contributed by atoms with Gasteiger partial charge in [0.1, 0.15) is 0 Å². The Balaban J connectivity index is 0.00000361. The summed E-state index contributed by atoms with van der Waals surface area (Å²) in [5.41, 5.74) is 0. The van der Waals surface area contributed by atoms with Crippen LogP contribution in [0.25, 0.3) is 0 Å². The zero-order valence-corrected chi connectivity index (χ0v) is 15.3. The Morgan fingerprint density at radius 1 is 1.30 bits per heavy atom. The van der Waals surface area contributed by atoms with Crippen molar-refractivity contribution in [2.45, 2.75) is 39.5 Å². The van der Waals surface area contributed by atoms with Crippen molar-refractivity contribution in [1.82, 2.24) is 15.5 Å². The number of aliphatic imine (C=N–C) groups is 1. The van der Waals surface area contributed by atoms with E-state index in [1.165, 1.54) is 0 Å². The van der Waals surface area contributed by atoms with Crippen LogP contribution in [-0.4, -0.2) is 50.0 Å². The topological polar surface area (TPSA) is 56.7 Å². The van der Waals surface area contributed by atoms with Gasteiger partial charge in [-0.2, -0.15) is 0 Å². The maximum atomic E-state index is 11.4. The summed E-state index contributed by atoms with van der Waals surface area (Å²) in [6.45, 7) is 8.01. The van der Waals surface area contributed by atoms with E-state index in [0.29, 0.717) is 12.3 Å². The van der Waals surface area contributed by atoms with Crippen LogP contribution in [0, 0.1) is 5.92 Å². The van der Waals surface area contributed by atoms with Crippen molar-refractivity contribution < 1.29 is 4.79 Å². The number of likely N-dealkylation sites (tertiary alicyclic amines) is 1. The summed E-state index contributed by atoms with van der Waals surface area (Å²) in [6.07, 6.45) is 3.88. The van der Waals surface area contributed by atoms with E-state index in [4.69, 9.17) is 0 Å². The van der Waals surface area contributed by atoms with E-state index < -0.39 is 0 Å². The fraction of sp³-hybridized carbons (Fsp3) is 0.857. The first-order chi connectivity index (χ1) is 9.21. The van der Waals surface area contributed by atoms with Crippen LogP contribution in [0.3, 0.4) is 0 Å². The second kappa shape index (κ2) is 11.2. The molecule has 0 aromatic rings. The van der Waals surface area contributed by atoms with Crippen LogP contribution in [0.15, 0.2) is 4.99 Å². The quantitative estimate of drug-likeness (QED) is 0.424. The number of halogens is 1. The second-order valence-corrected chi connectivity index (χ2v) is 5.04. The number of nitrogens with zero attached hydrogens (tertiary/aromatic N) is 2. The molecule has 6 heteroatoms. The minimum absolute atomic E-state index is 0. The van der Waals surface area contributed by atoms with Gasteiger partial charge in [0.2, 0.25) is 5.91 Å². The molecule has 2 N–H and O–H groups in total. The molecule has 0 atom stereocenters. The Labute approximate surface area is 140 Å². The highest BCUT2D eigenvalue weighted by molar-refractivity contribution is 14.0. The molecule has 0 radical (unpaired) electrons. The van der Waals surface area contributed by atoms with E-state index in [1.54, 1.807) is 7.05 Å². The van der Waals surface area contributed by atoms with E-state index in [2.05, 4.69) is 34.4 Å². The largest absolute Gasteiger partial charge is 0.359 e. The molecule has 0 bridgehead atoms. The Hall–Kier alpha value is -0.530. The molecule has 1 amide bonds. The number of piperidine rings is 1. The molecule has 1 aliphatic rings. The molecule has 1 saturated heterocycles. The monoisotopic (exact) mass is 396 g/mol. The Morgan fingerprint density at radius 2 is 1.95 bits per heavy atom. The van der Waals surface area contributed by atoms with Crippen molar-refractivity contribution >= 4 is 35.8 Å². The van der Waals surface area contributed by atoms with Gasteiger partial charge in [0, 0.05) is 39.6 Å². The first kappa shape index (κ1) is 19.5. The normalized spacial score (nSPS) is 16.6. The minimum Gasteiger partial charge on any atom is -0.359 e. The number of rotatable bonds is 5. The lowest BCUT2D eigenvalue weighted by molar-refractivity contribution is -0.121. The van der Waals surface area contributed by atoms with Crippen molar-refractivity contribution in [2.24, 2.45) is 10.9 Å². The molecule has 5 nitrogen and oxygen atoms in total. The molecule has 0 spiro atoms. The fourth-order valence-electron chi connectivity index (χ4n) is 2.36. The van der Waals surface area contributed by atoms with Crippen molar-refractivity contribution in [3.05, 3.63) is 0 Å². The van der Waals surface area contributed by atoms with Gasteiger partial charge in [0.15, 0.2) is 5.96 Å². The van der Waals surface area contributed by atoms with E-state index in [0.717, 1.165) is 51.4 Å². The molecule has 1 heterocycles. The summed E-state index contributed by atoms with van der Waals surface area (Å²) in [5.74, 6) is 1.71. The summed E-state index contributed by atoms with van der Waals surface area (Å²) < 4.78 is 0. The Bertz CT molecular complexity index is 302. The van der Waals surface area contributed by atoms with Crippen LogP contribution < -0.4 is 10.6 Å². The first-order valence-corrected chi connectivity index (χ1v) is 7.45. The summed E-state index contributed by atoms with van der Waals surface area (Å²) in [6, 6.07) is 0. The lowest BCUT2D eigenvalue weighted by atomic mass is 9.93. The number of amides is 1. The van der Waals surface area contributed by atoms with E-state index in [9.17, 15) is 4.79 Å². The standard InChI is InChI=1S/C14H28N4O.HI/c1-4-8-17-14(16-5-2)18-9-6-12(7-10-18)11-13(19)15-3;/h12H,4-11H2,1-3H3,(H,15,19)(H,16,17);1H. The minimum atomic E-state index is 0. The molecule has 1 aliphatic heterocycles. The van der Waals surface area contributed by atoms with Crippen molar-refractivity contribution in [3.63, 3.8) is 0 Å². The van der Waals surface area contributed by atoms with Gasteiger partial charge < -0.3 is 15.5 Å². The number of guanidine groups is 1. The summed E-state index contributed by atoms with van der Waals surface area (Å²) in [7, 11) is 1.71. The van der Waals surface area contributed by atoms with Gasteiger partial charge in [0.05, 0.1) is 0 Å². The maximum absolute atomic E-state index is 11.4. The molecular formula is C14H29IN4O. The predicted octanol–water partition coefficient (Wildman–Crippen LogP) is 1.83. The zero-order valence-electron chi connectivity index (χ0n) is 12.9. The van der Waals surface area contributed by atoms with E-state index in [1.807, 2.05) is 0 Å². The van der Waals surface area contributed by atoms with Crippen molar-refractivity contribution in [1.29, 1.82) is 0 Å². The fourth-order valence-corrected chi connectivity index (χ4v) is 2.36. The second-order valence-electron chi connectivity index (χ2n) is 5.04. The van der Waals surface area contributed by atoms with Gasteiger partial charge >= 0.3 is 0 Å². The van der Waals surface area contributed by atoms with Crippen LogP contribution in [-0.2, 0) is 4.79 Å². The summed E-state index contributed by atoms with van der Waals surface area (Å²) in [5, 5.41) is 6.06. The highest BCUT2D eigenvalue weighted by Crippen LogP contribution is 2.20. The third kappa shape index (κ3) is 6.76. The van der Waals surface area contributed by atoms with E-state index in [-0.39, 0.29) is 29.9 Å². The number of nitrogens with one attached hydrogen (secondary N) is 2. The number of hydrogen-bond donors (Lipinski definition) is 2. The third-order valence-electron chi connectivity index (χ3n) is 3.49. The zero-order chi connectivity index (χ0) is 14.1. The lowest BCUT2D eigenvalue weighted by Crippen LogP contribution is -2.46. The van der Waals surface area contributed by atoms with Gasteiger partial charge in [-0.25, -0.2) is 0 Å². The van der Waals surface area contributed by atoms with Crippen LogP contribution in [0.1, 0.15) is 39.5 Å². The highest BCUT2D eigenvalue weighted by Gasteiger charge is 2.22. The highest BCUT2D eigenvalue weighted by atomic mass is 127. The molecule has 118 valence electrons. The van der Waals surface area contributed by atoms with Crippen LogP contribution in [0.5, 0.6) is 0 Å². The van der Waals surface area contributed by atoms with Gasteiger partial charge in [-0.3, -0.25) is 9.79 Å². The molecule has 0 aromatic heterocycles. The smallest absolute Gasteiger partial charge is 0.220 e. The van der Waals surface area contributed by atoms with Crippen LogP contribution in [0.4, 0.5) is 0 Å². The number of carbonyl (C=O) groups is 1. The van der Waals surface area contributed by atoms with Crippen LogP contribution >= 0.6 is 24.0 Å². The van der Waals surface area contributed by atoms with Crippen molar-refractivity contribution in [3.8, 4) is 0 Å². The first-order valence-electron chi connectivity index (χ1n) is 7.45. The molecule has 0 unspecified atom stereocenters. The van der Waals surface area contributed by atoms with Crippen LogP contribution in [0.2, 0.25) is 0 Å². The molecule has 1 fully saturated rings. The summed E-state index contributed by atoms with van der Waals surface area (Å²) in [4.78, 5) is 18.3. The van der Waals surface area contributed by atoms with Gasteiger partial charge in [0.25, 0.3) is 0 Å². The molecular weight excluding hydrogens is 367 g/mol. The molecule has 1 rings (SSSR count). The number of carbonyl (C=O) groups excluding carboxylic acids is 1. The predicted molar refractivity (Wildman–Crippen MR) is 94.7 cm³/mol. The van der Waals surface area contributed by atoms with Crippen molar-refractivity contribution in [2.75, 3.05) is 33.2 Å². The van der Waals surface area contributed by atoms with E-state index >= 15 is 0 Å². The average Bonchev–Trinajstić information content (AvgIpc) is 2.44. The number of hydrogen-bond acceptors (Lipinski definition) is 2. The van der Waals surface area contributed by atoms with Gasteiger partial charge in [-0.15, -0.1) is 24.0 Å². The Morgan fingerprint density at radius 3 is 2.45 bits per heavy atom. The average molecular weight is 396 g/mol. The third-order valence-corrected chi connectivity index (χ3v) is 3.49. The maximum Gasteiger partial charge on any atom is 0.220 e. The lowest BCUT2D eigenvalue weighted by Gasteiger charge is -2.34. The Kier molecular flexibility index (Phi) is 10.9. The molecule has 0 aromatic carbocycles. The molecule has 0 aliphatic carbocycles. The molecule has 0 saturated carbocycles. The van der Waals surface area contributed by atoms with Gasteiger partial charge in [-0.1, -0.05) is 6.92 Å². The SMILES string of the molecule is CCCN=C(NCC)N1CCC(CC(=O)NC)CC1.I. The van der Waals surface area contributed by atoms with Gasteiger partial charge in [-0.05, 0) is 32.1 Å². The molecule has 20 heavy (non-hydrogen) atoms. The summed E-state index contributed by atoms with van der Waals surface area (Å²) >= 11 is 0.